The number of carbonyl (C=O) groups is 2. The first-order chi connectivity index (χ1) is 11.5. The number of rotatable bonds is 17. The van der Waals surface area contributed by atoms with E-state index in [-0.39, 0.29) is 17.5 Å². The van der Waals surface area contributed by atoms with Gasteiger partial charge in [-0.25, -0.2) is 0 Å². The van der Waals surface area contributed by atoms with Crippen LogP contribution in [0.4, 0.5) is 0 Å². The van der Waals surface area contributed by atoms with Gasteiger partial charge in [-0.1, -0.05) is 97.5 Å². The van der Waals surface area contributed by atoms with Crippen LogP contribution >= 0.6 is 0 Å². The molecular formula is C22H40O2. The van der Waals surface area contributed by atoms with Gasteiger partial charge < -0.3 is 0 Å². The van der Waals surface area contributed by atoms with Crippen molar-refractivity contribution < 1.29 is 9.59 Å². The molecule has 0 aliphatic carbocycles. The highest BCUT2D eigenvalue weighted by Gasteiger charge is 2.24. The summed E-state index contributed by atoms with van der Waals surface area (Å²) in [5.41, 5.74) is 0.385. The lowest BCUT2D eigenvalue weighted by Crippen LogP contribution is -2.24. The second-order valence-electron chi connectivity index (χ2n) is 7.28. The maximum atomic E-state index is 12.4. The molecule has 0 saturated carbocycles. The van der Waals surface area contributed by atoms with E-state index >= 15 is 0 Å². The molecule has 0 atom stereocenters. The minimum atomic E-state index is -0.350. The van der Waals surface area contributed by atoms with Crippen LogP contribution in [0.1, 0.15) is 111 Å². The van der Waals surface area contributed by atoms with Gasteiger partial charge in [-0.3, -0.25) is 9.59 Å². The van der Waals surface area contributed by atoms with E-state index in [4.69, 9.17) is 0 Å². The Hall–Kier alpha value is -0.920. The van der Waals surface area contributed by atoms with Gasteiger partial charge in [0, 0.05) is 5.92 Å². The molecule has 0 amide bonds. The topological polar surface area (TPSA) is 34.1 Å². The fourth-order valence-electron chi connectivity index (χ4n) is 3.14. The summed E-state index contributed by atoms with van der Waals surface area (Å²) in [5, 5.41) is 0. The number of ketones is 2. The van der Waals surface area contributed by atoms with Crippen molar-refractivity contribution in [1.82, 2.24) is 0 Å². The minimum Gasteiger partial charge on any atom is -0.290 e. The van der Waals surface area contributed by atoms with E-state index in [1.165, 1.54) is 64.2 Å². The summed E-state index contributed by atoms with van der Waals surface area (Å²) in [5.74, 6) is -0.617. The molecule has 0 bridgehead atoms. The second kappa shape index (κ2) is 15.6. The number of hydrogen-bond donors (Lipinski definition) is 0. The Morgan fingerprint density at radius 2 is 1.08 bits per heavy atom. The molecule has 0 rings (SSSR count). The largest absolute Gasteiger partial charge is 0.290 e. The summed E-state index contributed by atoms with van der Waals surface area (Å²) in [6, 6.07) is 0. The molecule has 2 nitrogen and oxygen atoms in total. The van der Waals surface area contributed by atoms with E-state index in [9.17, 15) is 9.59 Å². The Labute approximate surface area is 150 Å². The van der Waals surface area contributed by atoms with Gasteiger partial charge in [-0.15, -0.1) is 0 Å². The van der Waals surface area contributed by atoms with Crippen molar-refractivity contribution in [3.05, 3.63) is 12.2 Å². The zero-order valence-corrected chi connectivity index (χ0v) is 16.5. The van der Waals surface area contributed by atoms with Crippen molar-refractivity contribution in [2.24, 2.45) is 5.92 Å². The third-order valence-electron chi connectivity index (χ3n) is 4.79. The molecule has 0 radical (unpaired) electrons. The van der Waals surface area contributed by atoms with Crippen LogP contribution in [0.2, 0.25) is 0 Å². The molecule has 0 aromatic carbocycles. The summed E-state index contributed by atoms with van der Waals surface area (Å²) < 4.78 is 0. The standard InChI is InChI=1S/C22H40O2/c1-5-7-9-11-13-15-17-20(22(24)21(23)19(3)4)18-16-14-12-10-8-6-2/h20H,3,5-18H2,1-2,4H3. The van der Waals surface area contributed by atoms with E-state index in [2.05, 4.69) is 20.4 Å². The van der Waals surface area contributed by atoms with E-state index < -0.39 is 0 Å². The maximum absolute atomic E-state index is 12.4. The van der Waals surface area contributed by atoms with Crippen molar-refractivity contribution >= 4 is 11.6 Å². The lowest BCUT2D eigenvalue weighted by molar-refractivity contribution is -0.137. The Kier molecular flexibility index (Phi) is 15.0. The Morgan fingerprint density at radius 3 is 1.46 bits per heavy atom. The first-order valence-corrected chi connectivity index (χ1v) is 10.3. The highest BCUT2D eigenvalue weighted by Crippen LogP contribution is 2.21. The van der Waals surface area contributed by atoms with Crippen LogP contribution in [0.15, 0.2) is 12.2 Å². The molecule has 140 valence electrons. The fraction of sp³-hybridized carbons (Fsp3) is 0.818. The average Bonchev–Trinajstić information content (AvgIpc) is 2.57. The molecular weight excluding hydrogens is 296 g/mol. The first-order valence-electron chi connectivity index (χ1n) is 10.3. The molecule has 0 aliphatic rings. The van der Waals surface area contributed by atoms with Gasteiger partial charge in [0.2, 0.25) is 11.6 Å². The second-order valence-corrected chi connectivity index (χ2v) is 7.28. The zero-order valence-electron chi connectivity index (χ0n) is 16.5. The molecule has 0 aliphatic heterocycles. The van der Waals surface area contributed by atoms with E-state index in [0.717, 1.165) is 25.7 Å². The van der Waals surface area contributed by atoms with E-state index in [1.54, 1.807) is 6.92 Å². The van der Waals surface area contributed by atoms with Gasteiger partial charge in [-0.2, -0.15) is 0 Å². The first kappa shape index (κ1) is 23.1. The molecule has 0 saturated heterocycles. The van der Waals surface area contributed by atoms with Gasteiger partial charge in [-0.05, 0) is 25.3 Å². The van der Waals surface area contributed by atoms with Crippen LogP contribution in [-0.2, 0) is 9.59 Å². The van der Waals surface area contributed by atoms with E-state index in [1.807, 2.05) is 0 Å². The molecule has 0 unspecified atom stereocenters. The highest BCUT2D eigenvalue weighted by molar-refractivity contribution is 6.43. The van der Waals surface area contributed by atoms with Crippen LogP contribution in [-0.4, -0.2) is 11.6 Å². The van der Waals surface area contributed by atoms with Gasteiger partial charge in [0.1, 0.15) is 0 Å². The average molecular weight is 337 g/mol. The predicted octanol–water partition coefficient (Wildman–Crippen LogP) is 6.82. The van der Waals surface area contributed by atoms with Gasteiger partial charge >= 0.3 is 0 Å². The van der Waals surface area contributed by atoms with Crippen LogP contribution < -0.4 is 0 Å². The molecule has 2 heteroatoms. The van der Waals surface area contributed by atoms with Crippen molar-refractivity contribution in [3.63, 3.8) is 0 Å². The maximum Gasteiger partial charge on any atom is 0.223 e. The van der Waals surface area contributed by atoms with Gasteiger partial charge in [0.25, 0.3) is 0 Å². The summed E-state index contributed by atoms with van der Waals surface area (Å²) >= 11 is 0. The lowest BCUT2D eigenvalue weighted by Gasteiger charge is -2.15. The molecule has 0 N–H and O–H groups in total. The van der Waals surface area contributed by atoms with Crippen molar-refractivity contribution in [3.8, 4) is 0 Å². The molecule has 0 aromatic rings. The molecule has 0 fully saturated rings. The molecule has 0 spiro atoms. The Bertz CT molecular complexity index is 341. The molecule has 0 heterocycles. The Morgan fingerprint density at radius 1 is 0.708 bits per heavy atom. The van der Waals surface area contributed by atoms with Gasteiger partial charge in [0.05, 0.1) is 0 Å². The fourth-order valence-corrected chi connectivity index (χ4v) is 3.14. The summed E-state index contributed by atoms with van der Waals surface area (Å²) in [6.45, 7) is 9.74. The number of allylic oxidation sites excluding steroid dienone is 1. The zero-order chi connectivity index (χ0) is 18.2. The number of unbranched alkanes of at least 4 members (excludes halogenated alkanes) is 10. The molecule has 0 aromatic heterocycles. The summed E-state index contributed by atoms with van der Waals surface area (Å²) in [4.78, 5) is 24.4. The van der Waals surface area contributed by atoms with Crippen LogP contribution in [0.25, 0.3) is 0 Å². The van der Waals surface area contributed by atoms with Crippen LogP contribution in [0.5, 0.6) is 0 Å². The van der Waals surface area contributed by atoms with Gasteiger partial charge in [0.15, 0.2) is 0 Å². The van der Waals surface area contributed by atoms with Crippen molar-refractivity contribution in [1.29, 1.82) is 0 Å². The third kappa shape index (κ3) is 11.6. The smallest absolute Gasteiger partial charge is 0.223 e. The van der Waals surface area contributed by atoms with Crippen LogP contribution in [0.3, 0.4) is 0 Å². The van der Waals surface area contributed by atoms with Crippen molar-refractivity contribution in [2.45, 2.75) is 111 Å². The van der Waals surface area contributed by atoms with E-state index in [0.29, 0.717) is 5.57 Å². The number of carbonyl (C=O) groups excluding carboxylic acids is 2. The third-order valence-corrected chi connectivity index (χ3v) is 4.79. The van der Waals surface area contributed by atoms with Crippen molar-refractivity contribution in [2.75, 3.05) is 0 Å². The summed E-state index contributed by atoms with van der Waals surface area (Å²) in [7, 11) is 0. The quantitative estimate of drug-likeness (QED) is 0.166. The Balaban J connectivity index is 4.21. The predicted molar refractivity (Wildman–Crippen MR) is 104 cm³/mol. The molecule has 24 heavy (non-hydrogen) atoms. The monoisotopic (exact) mass is 336 g/mol. The van der Waals surface area contributed by atoms with Crippen LogP contribution in [0, 0.1) is 5.92 Å². The highest BCUT2D eigenvalue weighted by atomic mass is 16.2. The number of Topliss-reactive ketones (excluding diaryl/α,β-unsaturated/α-hetero) is 2. The minimum absolute atomic E-state index is 0.0773. The number of hydrogen-bond acceptors (Lipinski definition) is 2. The normalized spacial score (nSPS) is 11.0. The SMILES string of the molecule is C=C(C)C(=O)C(=O)C(CCCCCCCC)CCCCCCCC. The summed E-state index contributed by atoms with van der Waals surface area (Å²) in [6.07, 6.45) is 16.4. The lowest BCUT2D eigenvalue weighted by atomic mass is 9.87.